The quantitative estimate of drug-likeness (QED) is 0.872. The van der Waals surface area contributed by atoms with Crippen LogP contribution in [-0.2, 0) is 9.53 Å². The van der Waals surface area contributed by atoms with Crippen LogP contribution < -0.4 is 10.6 Å². The van der Waals surface area contributed by atoms with Gasteiger partial charge in [0.15, 0.2) is 0 Å². The number of ether oxygens (including phenoxy) is 1. The molecule has 2 rings (SSSR count). The Morgan fingerprint density at radius 2 is 2.32 bits per heavy atom. The van der Waals surface area contributed by atoms with E-state index in [4.69, 9.17) is 16.3 Å². The summed E-state index contributed by atoms with van der Waals surface area (Å²) in [4.78, 5) is 11.8. The van der Waals surface area contributed by atoms with Gasteiger partial charge in [0.1, 0.15) is 0 Å². The van der Waals surface area contributed by atoms with Crippen LogP contribution in [0.4, 0.5) is 5.69 Å². The average molecular weight is 283 g/mol. The predicted molar refractivity (Wildman–Crippen MR) is 76.5 cm³/mol. The van der Waals surface area contributed by atoms with E-state index in [0.29, 0.717) is 10.7 Å². The van der Waals surface area contributed by atoms with Gasteiger partial charge >= 0.3 is 0 Å². The molecule has 2 atom stereocenters. The highest BCUT2D eigenvalue weighted by Crippen LogP contribution is 2.20. The van der Waals surface area contributed by atoms with Crippen molar-refractivity contribution in [2.45, 2.75) is 31.9 Å². The van der Waals surface area contributed by atoms with Gasteiger partial charge in [-0.1, -0.05) is 23.7 Å². The molecular formula is C14H19ClN2O2. The van der Waals surface area contributed by atoms with Gasteiger partial charge in [-0.05, 0) is 31.9 Å². The van der Waals surface area contributed by atoms with Gasteiger partial charge in [-0.15, -0.1) is 0 Å². The number of amides is 1. The lowest BCUT2D eigenvalue weighted by atomic mass is 10.1. The minimum atomic E-state index is -0.0991. The first-order valence-electron chi connectivity index (χ1n) is 6.56. The van der Waals surface area contributed by atoms with Gasteiger partial charge in [-0.3, -0.25) is 4.79 Å². The van der Waals surface area contributed by atoms with Gasteiger partial charge < -0.3 is 15.4 Å². The molecule has 5 heteroatoms. The zero-order chi connectivity index (χ0) is 13.7. The van der Waals surface area contributed by atoms with Crippen LogP contribution in [0.1, 0.15) is 19.8 Å². The number of carbonyl (C=O) groups excluding carboxylic acids is 1. The van der Waals surface area contributed by atoms with Crippen LogP contribution in [0.25, 0.3) is 0 Å². The summed E-state index contributed by atoms with van der Waals surface area (Å²) in [6, 6.07) is 7.38. The zero-order valence-corrected chi connectivity index (χ0v) is 11.7. The van der Waals surface area contributed by atoms with Crippen molar-refractivity contribution < 1.29 is 9.53 Å². The van der Waals surface area contributed by atoms with E-state index in [1.165, 1.54) is 0 Å². The van der Waals surface area contributed by atoms with Crippen molar-refractivity contribution in [2.75, 3.05) is 18.5 Å². The highest BCUT2D eigenvalue weighted by Gasteiger charge is 2.22. The van der Waals surface area contributed by atoms with Gasteiger partial charge in [0.2, 0.25) is 5.91 Å². The van der Waals surface area contributed by atoms with Gasteiger partial charge in [-0.2, -0.15) is 0 Å². The standard InChI is InChI=1S/C14H19ClN2O2/c1-10(13-7-4-8-19-13)16-9-14(18)17-12-6-3-2-5-11(12)15/h2-3,5-6,10,13,16H,4,7-9H2,1H3,(H,17,18). The summed E-state index contributed by atoms with van der Waals surface area (Å²) in [5.41, 5.74) is 0.640. The second-order valence-electron chi connectivity index (χ2n) is 4.75. The molecule has 1 amide bonds. The molecule has 2 unspecified atom stereocenters. The number of hydrogen-bond acceptors (Lipinski definition) is 3. The molecule has 0 saturated carbocycles. The third-order valence-corrected chi connectivity index (χ3v) is 3.58. The van der Waals surface area contributed by atoms with Crippen LogP contribution in [-0.4, -0.2) is 31.2 Å². The van der Waals surface area contributed by atoms with Crippen molar-refractivity contribution in [2.24, 2.45) is 0 Å². The third-order valence-electron chi connectivity index (χ3n) is 3.26. The van der Waals surface area contributed by atoms with E-state index in [1.807, 2.05) is 19.1 Å². The van der Waals surface area contributed by atoms with E-state index < -0.39 is 0 Å². The molecule has 0 aliphatic carbocycles. The van der Waals surface area contributed by atoms with E-state index in [9.17, 15) is 4.79 Å². The van der Waals surface area contributed by atoms with Crippen molar-refractivity contribution in [1.29, 1.82) is 0 Å². The first-order chi connectivity index (χ1) is 9.16. The number of hydrogen-bond donors (Lipinski definition) is 2. The summed E-state index contributed by atoms with van der Waals surface area (Å²) >= 11 is 5.98. The maximum Gasteiger partial charge on any atom is 0.238 e. The van der Waals surface area contributed by atoms with Gasteiger partial charge in [-0.25, -0.2) is 0 Å². The Balaban J connectivity index is 1.77. The number of nitrogens with one attached hydrogen (secondary N) is 2. The maximum atomic E-state index is 11.8. The molecule has 0 aromatic heterocycles. The molecule has 1 aliphatic heterocycles. The van der Waals surface area contributed by atoms with Crippen molar-refractivity contribution in [3.8, 4) is 0 Å². The maximum absolute atomic E-state index is 11.8. The summed E-state index contributed by atoms with van der Waals surface area (Å²) in [6.45, 7) is 3.12. The molecule has 0 spiro atoms. The van der Waals surface area contributed by atoms with E-state index in [-0.39, 0.29) is 24.6 Å². The SMILES string of the molecule is CC(NCC(=O)Nc1ccccc1Cl)C1CCCO1. The first-order valence-corrected chi connectivity index (χ1v) is 6.94. The highest BCUT2D eigenvalue weighted by molar-refractivity contribution is 6.33. The third kappa shape index (κ3) is 4.20. The van der Waals surface area contributed by atoms with E-state index in [0.717, 1.165) is 19.4 Å². The Kier molecular flexibility index (Phi) is 5.19. The lowest BCUT2D eigenvalue weighted by molar-refractivity contribution is -0.115. The monoisotopic (exact) mass is 282 g/mol. The fourth-order valence-electron chi connectivity index (χ4n) is 2.14. The topological polar surface area (TPSA) is 50.4 Å². The molecule has 1 saturated heterocycles. The predicted octanol–water partition coefficient (Wildman–Crippen LogP) is 2.44. The van der Waals surface area contributed by atoms with Crippen molar-refractivity contribution in [3.63, 3.8) is 0 Å². The van der Waals surface area contributed by atoms with E-state index in [1.54, 1.807) is 12.1 Å². The molecule has 1 heterocycles. The molecule has 19 heavy (non-hydrogen) atoms. The fourth-order valence-corrected chi connectivity index (χ4v) is 2.32. The molecule has 2 N–H and O–H groups in total. The largest absolute Gasteiger partial charge is 0.377 e. The average Bonchev–Trinajstić information content (AvgIpc) is 2.93. The smallest absolute Gasteiger partial charge is 0.238 e. The van der Waals surface area contributed by atoms with Crippen LogP contribution in [0, 0.1) is 0 Å². The second-order valence-corrected chi connectivity index (χ2v) is 5.16. The van der Waals surface area contributed by atoms with Crippen LogP contribution in [0.5, 0.6) is 0 Å². The Morgan fingerprint density at radius 1 is 1.53 bits per heavy atom. The van der Waals surface area contributed by atoms with Gasteiger partial charge in [0, 0.05) is 12.6 Å². The van der Waals surface area contributed by atoms with E-state index in [2.05, 4.69) is 10.6 Å². The summed E-state index contributed by atoms with van der Waals surface area (Å²) in [5.74, 6) is -0.0991. The summed E-state index contributed by atoms with van der Waals surface area (Å²) in [5, 5.41) is 6.51. The van der Waals surface area contributed by atoms with Gasteiger partial charge in [0.05, 0.1) is 23.4 Å². The van der Waals surface area contributed by atoms with Crippen molar-refractivity contribution in [3.05, 3.63) is 29.3 Å². The number of para-hydroxylation sites is 1. The number of benzene rings is 1. The van der Waals surface area contributed by atoms with Crippen LogP contribution >= 0.6 is 11.6 Å². The number of halogens is 1. The van der Waals surface area contributed by atoms with E-state index >= 15 is 0 Å². The minimum Gasteiger partial charge on any atom is -0.377 e. The molecule has 1 aliphatic rings. The molecule has 4 nitrogen and oxygen atoms in total. The molecule has 1 aromatic carbocycles. The number of carbonyl (C=O) groups is 1. The van der Waals surface area contributed by atoms with Crippen LogP contribution in [0.2, 0.25) is 5.02 Å². The summed E-state index contributed by atoms with van der Waals surface area (Å²) in [6.07, 6.45) is 2.37. The Hall–Kier alpha value is -1.10. The fraction of sp³-hybridized carbons (Fsp3) is 0.500. The summed E-state index contributed by atoms with van der Waals surface area (Å²) < 4.78 is 5.57. The Morgan fingerprint density at radius 3 is 3.00 bits per heavy atom. The lowest BCUT2D eigenvalue weighted by Gasteiger charge is -2.19. The Labute approximate surface area is 118 Å². The zero-order valence-electron chi connectivity index (χ0n) is 11.0. The number of rotatable bonds is 5. The lowest BCUT2D eigenvalue weighted by Crippen LogP contribution is -2.41. The first kappa shape index (κ1) is 14.3. The summed E-state index contributed by atoms with van der Waals surface area (Å²) in [7, 11) is 0. The Bertz CT molecular complexity index is 433. The van der Waals surface area contributed by atoms with Gasteiger partial charge in [0.25, 0.3) is 0 Å². The van der Waals surface area contributed by atoms with Crippen molar-refractivity contribution in [1.82, 2.24) is 5.32 Å². The molecule has 0 bridgehead atoms. The highest BCUT2D eigenvalue weighted by atomic mass is 35.5. The van der Waals surface area contributed by atoms with Crippen molar-refractivity contribution >= 4 is 23.2 Å². The minimum absolute atomic E-state index is 0.0991. The molecule has 104 valence electrons. The molecular weight excluding hydrogens is 264 g/mol. The second kappa shape index (κ2) is 6.89. The molecule has 1 aromatic rings. The molecule has 0 radical (unpaired) electrons. The van der Waals surface area contributed by atoms with Crippen LogP contribution in [0.15, 0.2) is 24.3 Å². The molecule has 1 fully saturated rings. The normalized spacial score (nSPS) is 20.2. The number of anilines is 1. The van der Waals surface area contributed by atoms with Crippen LogP contribution in [0.3, 0.4) is 0 Å².